The van der Waals surface area contributed by atoms with Crippen molar-refractivity contribution in [2.45, 2.75) is 19.6 Å². The second-order valence-corrected chi connectivity index (χ2v) is 3.39. The van der Waals surface area contributed by atoms with Crippen LogP contribution in [-0.2, 0) is 22.7 Å². The molecule has 0 saturated heterocycles. The SMILES string of the molecule is COCCCNC(=O)Cn1cnc(CO)c1. The lowest BCUT2D eigenvalue weighted by molar-refractivity contribution is -0.121. The lowest BCUT2D eigenvalue weighted by Crippen LogP contribution is -2.28. The third-order valence-corrected chi connectivity index (χ3v) is 2.02. The molecule has 1 aromatic heterocycles. The van der Waals surface area contributed by atoms with E-state index in [2.05, 4.69) is 10.3 Å². The number of imidazole rings is 1. The zero-order valence-electron chi connectivity index (χ0n) is 9.35. The van der Waals surface area contributed by atoms with Gasteiger partial charge >= 0.3 is 0 Å². The largest absolute Gasteiger partial charge is 0.390 e. The van der Waals surface area contributed by atoms with Gasteiger partial charge < -0.3 is 19.7 Å². The molecule has 0 aliphatic carbocycles. The number of rotatable bonds is 7. The van der Waals surface area contributed by atoms with Gasteiger partial charge in [-0.05, 0) is 6.42 Å². The fraction of sp³-hybridized carbons (Fsp3) is 0.600. The second kappa shape index (κ2) is 6.97. The van der Waals surface area contributed by atoms with Gasteiger partial charge in [0.05, 0.1) is 18.6 Å². The summed E-state index contributed by atoms with van der Waals surface area (Å²) in [5, 5.41) is 11.6. The van der Waals surface area contributed by atoms with Gasteiger partial charge in [-0.25, -0.2) is 4.98 Å². The Morgan fingerprint density at radius 1 is 1.69 bits per heavy atom. The van der Waals surface area contributed by atoms with Crippen molar-refractivity contribution in [3.8, 4) is 0 Å². The van der Waals surface area contributed by atoms with E-state index in [1.165, 1.54) is 6.33 Å². The average Bonchev–Trinajstić information content (AvgIpc) is 2.72. The number of aromatic nitrogens is 2. The van der Waals surface area contributed by atoms with Crippen LogP contribution in [0.3, 0.4) is 0 Å². The average molecular weight is 227 g/mol. The molecule has 0 atom stereocenters. The molecule has 0 unspecified atom stereocenters. The summed E-state index contributed by atoms with van der Waals surface area (Å²) in [4.78, 5) is 15.3. The number of hydrogen-bond donors (Lipinski definition) is 2. The first kappa shape index (κ1) is 12.7. The summed E-state index contributed by atoms with van der Waals surface area (Å²) >= 11 is 0. The summed E-state index contributed by atoms with van der Waals surface area (Å²) in [6.07, 6.45) is 3.98. The Morgan fingerprint density at radius 3 is 3.12 bits per heavy atom. The lowest BCUT2D eigenvalue weighted by Gasteiger charge is -2.04. The van der Waals surface area contributed by atoms with Gasteiger partial charge in [-0.2, -0.15) is 0 Å². The Kier molecular flexibility index (Phi) is 5.52. The van der Waals surface area contributed by atoms with Gasteiger partial charge in [0.1, 0.15) is 6.54 Å². The molecule has 0 aliphatic rings. The van der Waals surface area contributed by atoms with Crippen LogP contribution in [0.25, 0.3) is 0 Å². The Morgan fingerprint density at radius 2 is 2.50 bits per heavy atom. The van der Waals surface area contributed by atoms with E-state index in [-0.39, 0.29) is 19.1 Å². The minimum absolute atomic E-state index is 0.0713. The number of ether oxygens (including phenoxy) is 1. The fourth-order valence-corrected chi connectivity index (χ4v) is 1.24. The predicted molar refractivity (Wildman–Crippen MR) is 57.7 cm³/mol. The molecule has 0 saturated carbocycles. The third-order valence-electron chi connectivity index (χ3n) is 2.02. The first-order valence-electron chi connectivity index (χ1n) is 5.13. The van der Waals surface area contributed by atoms with Gasteiger partial charge in [-0.3, -0.25) is 4.79 Å². The number of carbonyl (C=O) groups excluding carboxylic acids is 1. The number of methoxy groups -OCH3 is 1. The van der Waals surface area contributed by atoms with Crippen molar-refractivity contribution in [2.75, 3.05) is 20.3 Å². The molecule has 0 bridgehead atoms. The highest BCUT2D eigenvalue weighted by Crippen LogP contribution is 1.95. The standard InChI is InChI=1S/C10H17N3O3/c1-16-4-2-3-11-10(15)6-13-5-9(7-14)12-8-13/h5,8,14H,2-4,6-7H2,1H3,(H,11,15). The quantitative estimate of drug-likeness (QED) is 0.617. The summed E-state index contributed by atoms with van der Waals surface area (Å²) in [5.41, 5.74) is 0.562. The summed E-state index contributed by atoms with van der Waals surface area (Å²) < 4.78 is 6.50. The van der Waals surface area contributed by atoms with E-state index in [9.17, 15) is 4.79 Å². The molecule has 1 aromatic rings. The zero-order chi connectivity index (χ0) is 11.8. The van der Waals surface area contributed by atoms with Crippen molar-refractivity contribution >= 4 is 5.91 Å². The van der Waals surface area contributed by atoms with Crippen molar-refractivity contribution in [1.82, 2.24) is 14.9 Å². The maximum Gasteiger partial charge on any atom is 0.239 e. The van der Waals surface area contributed by atoms with Crippen LogP contribution in [0, 0.1) is 0 Å². The highest BCUT2D eigenvalue weighted by atomic mass is 16.5. The number of carbonyl (C=O) groups is 1. The Balaban J connectivity index is 2.23. The molecule has 6 nitrogen and oxygen atoms in total. The van der Waals surface area contributed by atoms with E-state index in [0.29, 0.717) is 18.8 Å². The van der Waals surface area contributed by atoms with Gasteiger partial charge in [-0.15, -0.1) is 0 Å². The van der Waals surface area contributed by atoms with E-state index >= 15 is 0 Å². The number of aliphatic hydroxyl groups is 1. The van der Waals surface area contributed by atoms with E-state index < -0.39 is 0 Å². The van der Waals surface area contributed by atoms with Crippen LogP contribution in [0.1, 0.15) is 12.1 Å². The van der Waals surface area contributed by atoms with Gasteiger partial charge in [0.15, 0.2) is 0 Å². The lowest BCUT2D eigenvalue weighted by atomic mass is 10.4. The van der Waals surface area contributed by atoms with Crippen molar-refractivity contribution in [1.29, 1.82) is 0 Å². The van der Waals surface area contributed by atoms with E-state index in [1.54, 1.807) is 17.9 Å². The topological polar surface area (TPSA) is 76.4 Å². The van der Waals surface area contributed by atoms with Crippen LogP contribution in [0.2, 0.25) is 0 Å². The van der Waals surface area contributed by atoms with Crippen LogP contribution in [0.4, 0.5) is 0 Å². The molecule has 0 spiro atoms. The summed E-state index contributed by atoms with van der Waals surface area (Å²) in [6, 6.07) is 0. The van der Waals surface area contributed by atoms with Crippen molar-refractivity contribution < 1.29 is 14.6 Å². The van der Waals surface area contributed by atoms with Crippen LogP contribution in [-0.4, -0.2) is 40.8 Å². The van der Waals surface area contributed by atoms with Gasteiger partial charge in [0.25, 0.3) is 0 Å². The number of aliphatic hydroxyl groups excluding tert-OH is 1. The first-order valence-corrected chi connectivity index (χ1v) is 5.13. The van der Waals surface area contributed by atoms with E-state index in [4.69, 9.17) is 9.84 Å². The normalized spacial score (nSPS) is 10.4. The smallest absolute Gasteiger partial charge is 0.239 e. The van der Waals surface area contributed by atoms with Crippen LogP contribution < -0.4 is 5.32 Å². The molecule has 0 aliphatic heterocycles. The highest BCUT2D eigenvalue weighted by Gasteiger charge is 2.03. The molecule has 1 rings (SSSR count). The van der Waals surface area contributed by atoms with Crippen LogP contribution >= 0.6 is 0 Å². The Hall–Kier alpha value is -1.40. The first-order chi connectivity index (χ1) is 7.76. The van der Waals surface area contributed by atoms with Gasteiger partial charge in [-0.1, -0.05) is 0 Å². The highest BCUT2D eigenvalue weighted by molar-refractivity contribution is 5.75. The molecule has 1 heterocycles. The Labute approximate surface area is 94.2 Å². The zero-order valence-corrected chi connectivity index (χ0v) is 9.35. The number of nitrogens with one attached hydrogen (secondary N) is 1. The molecule has 2 N–H and O–H groups in total. The molecular formula is C10H17N3O3. The summed E-state index contributed by atoms with van der Waals surface area (Å²) in [6.45, 7) is 1.36. The monoisotopic (exact) mass is 227 g/mol. The predicted octanol–water partition coefficient (Wildman–Crippen LogP) is -0.472. The van der Waals surface area contributed by atoms with Crippen molar-refractivity contribution in [2.24, 2.45) is 0 Å². The van der Waals surface area contributed by atoms with Gasteiger partial charge in [0.2, 0.25) is 5.91 Å². The minimum atomic E-state index is -0.109. The van der Waals surface area contributed by atoms with Crippen LogP contribution in [0.15, 0.2) is 12.5 Å². The maximum absolute atomic E-state index is 11.4. The van der Waals surface area contributed by atoms with E-state index in [0.717, 1.165) is 6.42 Å². The summed E-state index contributed by atoms with van der Waals surface area (Å²) in [7, 11) is 1.63. The second-order valence-electron chi connectivity index (χ2n) is 3.39. The molecule has 90 valence electrons. The maximum atomic E-state index is 11.4. The molecule has 0 radical (unpaired) electrons. The van der Waals surface area contributed by atoms with Crippen LogP contribution in [0.5, 0.6) is 0 Å². The number of amides is 1. The molecule has 0 fully saturated rings. The Bertz CT molecular complexity index is 325. The summed E-state index contributed by atoms with van der Waals surface area (Å²) in [5.74, 6) is -0.0713. The fourth-order valence-electron chi connectivity index (χ4n) is 1.24. The van der Waals surface area contributed by atoms with Gasteiger partial charge in [0, 0.05) is 26.5 Å². The third kappa shape index (κ3) is 4.41. The molecule has 0 aromatic carbocycles. The van der Waals surface area contributed by atoms with Crippen molar-refractivity contribution in [3.05, 3.63) is 18.2 Å². The molecule has 1 amide bonds. The van der Waals surface area contributed by atoms with E-state index in [1.807, 2.05) is 0 Å². The molecule has 6 heteroatoms. The molecule has 16 heavy (non-hydrogen) atoms. The van der Waals surface area contributed by atoms with Crippen molar-refractivity contribution in [3.63, 3.8) is 0 Å². The number of hydrogen-bond acceptors (Lipinski definition) is 4. The minimum Gasteiger partial charge on any atom is -0.390 e. The number of nitrogens with zero attached hydrogens (tertiary/aromatic N) is 2. The molecular weight excluding hydrogens is 210 g/mol.